The van der Waals surface area contributed by atoms with Crippen molar-refractivity contribution >= 4 is 12.1 Å². The van der Waals surface area contributed by atoms with Gasteiger partial charge in [-0.05, 0) is 11.3 Å². The van der Waals surface area contributed by atoms with Gasteiger partial charge in [0.1, 0.15) is 6.04 Å². The maximum atomic E-state index is 11.3. The fraction of sp³-hybridized carbons (Fsp3) is 0.818. The zero-order chi connectivity index (χ0) is 12.9. The molecule has 0 spiro atoms. The summed E-state index contributed by atoms with van der Waals surface area (Å²) in [5.74, 6) is -0.835. The summed E-state index contributed by atoms with van der Waals surface area (Å²) >= 11 is 0. The monoisotopic (exact) mass is 231 g/mol. The van der Waals surface area contributed by atoms with E-state index in [-0.39, 0.29) is 12.5 Å². The molecule has 1 unspecified atom stereocenters. The van der Waals surface area contributed by atoms with E-state index in [1.165, 1.54) is 0 Å². The van der Waals surface area contributed by atoms with Crippen LogP contribution >= 0.6 is 0 Å². The first-order chi connectivity index (χ1) is 7.14. The molecular weight excluding hydrogens is 210 g/mol. The predicted molar refractivity (Wildman–Crippen MR) is 60.2 cm³/mol. The van der Waals surface area contributed by atoms with Crippen LogP contribution < -0.4 is 5.32 Å². The fourth-order valence-electron chi connectivity index (χ4n) is 1.05. The van der Waals surface area contributed by atoms with Crippen LogP contribution in [-0.4, -0.2) is 29.8 Å². The van der Waals surface area contributed by atoms with Gasteiger partial charge in [0.15, 0.2) is 0 Å². The summed E-state index contributed by atoms with van der Waals surface area (Å²) in [7, 11) is 0. The third-order valence-corrected chi connectivity index (χ3v) is 1.92. The van der Waals surface area contributed by atoms with E-state index in [2.05, 4.69) is 5.32 Å². The number of amides is 1. The van der Waals surface area contributed by atoms with Crippen LogP contribution in [0.5, 0.6) is 0 Å². The highest BCUT2D eigenvalue weighted by Gasteiger charge is 2.33. The molecule has 0 aromatic carbocycles. The van der Waals surface area contributed by atoms with E-state index in [4.69, 9.17) is 9.84 Å². The second-order valence-corrected chi connectivity index (χ2v) is 5.27. The number of aliphatic carboxylic acids is 1. The van der Waals surface area contributed by atoms with Crippen molar-refractivity contribution < 1.29 is 19.4 Å². The quantitative estimate of drug-likeness (QED) is 0.774. The highest BCUT2D eigenvalue weighted by molar-refractivity contribution is 5.80. The molecule has 0 rings (SSSR count). The molecule has 1 atom stereocenters. The molecule has 0 fully saturated rings. The Morgan fingerprint density at radius 1 is 1.31 bits per heavy atom. The molecule has 0 aromatic rings. The third-order valence-electron chi connectivity index (χ3n) is 1.92. The van der Waals surface area contributed by atoms with E-state index in [0.717, 1.165) is 0 Å². The number of carbonyl (C=O) groups excluding carboxylic acids is 1. The Morgan fingerprint density at radius 3 is 2.12 bits per heavy atom. The minimum atomic E-state index is -1.06. The highest BCUT2D eigenvalue weighted by Crippen LogP contribution is 2.19. The third kappa shape index (κ3) is 5.58. The fourth-order valence-corrected chi connectivity index (χ4v) is 1.05. The van der Waals surface area contributed by atoms with Gasteiger partial charge >= 0.3 is 12.1 Å². The smallest absolute Gasteiger partial charge is 0.407 e. The molecule has 0 aromatic heterocycles. The predicted octanol–water partition coefficient (Wildman–Crippen LogP) is 1.87. The van der Waals surface area contributed by atoms with Crippen molar-refractivity contribution in [1.29, 1.82) is 0 Å². The van der Waals surface area contributed by atoms with Gasteiger partial charge in [-0.3, -0.25) is 0 Å². The van der Waals surface area contributed by atoms with Crippen molar-refractivity contribution in [1.82, 2.24) is 5.32 Å². The molecule has 0 saturated heterocycles. The van der Waals surface area contributed by atoms with Crippen LogP contribution in [-0.2, 0) is 9.53 Å². The Hall–Kier alpha value is -1.26. The lowest BCUT2D eigenvalue weighted by molar-refractivity contribution is -0.142. The molecule has 0 aliphatic rings. The van der Waals surface area contributed by atoms with Crippen molar-refractivity contribution in [2.24, 2.45) is 11.3 Å². The molecular formula is C11H21NO4. The summed E-state index contributed by atoms with van der Waals surface area (Å²) in [6.07, 6.45) is -0.684. The van der Waals surface area contributed by atoms with Crippen LogP contribution in [0.4, 0.5) is 4.79 Å². The summed E-state index contributed by atoms with van der Waals surface area (Å²) in [6, 6.07) is -0.952. The van der Waals surface area contributed by atoms with Gasteiger partial charge in [0, 0.05) is 0 Å². The maximum absolute atomic E-state index is 11.3. The maximum Gasteiger partial charge on any atom is 0.407 e. The number of carbonyl (C=O) groups is 2. The molecule has 0 aliphatic carbocycles. The SMILES string of the molecule is CC(C)COC(=O)NC(C(=O)O)C(C)(C)C. The Bertz CT molecular complexity index is 255. The number of carboxylic acids is 1. The number of rotatable bonds is 4. The Labute approximate surface area is 96.2 Å². The highest BCUT2D eigenvalue weighted by atomic mass is 16.5. The van der Waals surface area contributed by atoms with Crippen molar-refractivity contribution in [3.05, 3.63) is 0 Å². The van der Waals surface area contributed by atoms with E-state index in [0.29, 0.717) is 0 Å². The Morgan fingerprint density at radius 2 is 1.81 bits per heavy atom. The van der Waals surface area contributed by atoms with Gasteiger partial charge in [0.25, 0.3) is 0 Å². The summed E-state index contributed by atoms with van der Waals surface area (Å²) in [5.41, 5.74) is -0.553. The minimum Gasteiger partial charge on any atom is -0.480 e. The van der Waals surface area contributed by atoms with Crippen molar-refractivity contribution in [3.63, 3.8) is 0 Å². The zero-order valence-corrected chi connectivity index (χ0v) is 10.5. The van der Waals surface area contributed by atoms with Gasteiger partial charge in [-0.15, -0.1) is 0 Å². The zero-order valence-electron chi connectivity index (χ0n) is 10.5. The standard InChI is InChI=1S/C11H21NO4/c1-7(2)6-16-10(15)12-8(9(13)14)11(3,4)5/h7-8H,6H2,1-5H3,(H,12,15)(H,13,14). The van der Waals surface area contributed by atoms with Crippen molar-refractivity contribution in [2.45, 2.75) is 40.7 Å². The number of hydrogen-bond donors (Lipinski definition) is 2. The average Bonchev–Trinajstić information content (AvgIpc) is 2.08. The lowest BCUT2D eigenvalue weighted by atomic mass is 9.87. The lowest BCUT2D eigenvalue weighted by Gasteiger charge is -2.27. The number of carboxylic acid groups (broad SMARTS) is 1. The molecule has 2 N–H and O–H groups in total. The minimum absolute atomic E-state index is 0.226. The van der Waals surface area contributed by atoms with Crippen LogP contribution in [0.2, 0.25) is 0 Å². The van der Waals surface area contributed by atoms with Gasteiger partial charge in [-0.2, -0.15) is 0 Å². The molecule has 5 heteroatoms. The van der Waals surface area contributed by atoms with Crippen LogP contribution in [0, 0.1) is 11.3 Å². The largest absolute Gasteiger partial charge is 0.480 e. The summed E-state index contributed by atoms with van der Waals surface area (Å²) in [6.45, 7) is 9.33. The van der Waals surface area contributed by atoms with Gasteiger partial charge < -0.3 is 15.2 Å². The molecule has 0 heterocycles. The van der Waals surface area contributed by atoms with Crippen molar-refractivity contribution in [3.8, 4) is 0 Å². The summed E-state index contributed by atoms with van der Waals surface area (Å²) in [4.78, 5) is 22.3. The van der Waals surface area contributed by atoms with Crippen LogP contribution in [0.25, 0.3) is 0 Å². The summed E-state index contributed by atoms with van der Waals surface area (Å²) in [5, 5.41) is 11.3. The lowest BCUT2D eigenvalue weighted by Crippen LogP contribution is -2.49. The molecule has 0 aliphatic heterocycles. The van der Waals surface area contributed by atoms with Crippen molar-refractivity contribution in [2.75, 3.05) is 6.61 Å². The first-order valence-electron chi connectivity index (χ1n) is 5.30. The molecule has 1 amide bonds. The van der Waals surface area contributed by atoms with E-state index < -0.39 is 23.5 Å². The summed E-state index contributed by atoms with van der Waals surface area (Å²) < 4.78 is 4.87. The van der Waals surface area contributed by atoms with Gasteiger partial charge in [-0.1, -0.05) is 34.6 Å². The van der Waals surface area contributed by atoms with E-state index in [1.54, 1.807) is 20.8 Å². The van der Waals surface area contributed by atoms with E-state index in [9.17, 15) is 9.59 Å². The first-order valence-corrected chi connectivity index (χ1v) is 5.30. The molecule has 0 bridgehead atoms. The number of nitrogens with one attached hydrogen (secondary N) is 1. The number of alkyl carbamates (subject to hydrolysis) is 1. The first kappa shape index (κ1) is 14.7. The van der Waals surface area contributed by atoms with Gasteiger partial charge in [-0.25, -0.2) is 9.59 Å². The van der Waals surface area contributed by atoms with Crippen LogP contribution in [0.1, 0.15) is 34.6 Å². The molecule has 94 valence electrons. The Balaban J connectivity index is 4.32. The number of hydrogen-bond acceptors (Lipinski definition) is 3. The van der Waals surface area contributed by atoms with E-state index in [1.807, 2.05) is 13.8 Å². The number of ether oxygens (including phenoxy) is 1. The average molecular weight is 231 g/mol. The molecule has 0 saturated carbocycles. The van der Waals surface area contributed by atoms with E-state index >= 15 is 0 Å². The second-order valence-electron chi connectivity index (χ2n) is 5.27. The Kier molecular flexibility index (Phi) is 5.27. The van der Waals surface area contributed by atoms with Gasteiger partial charge in [0.05, 0.1) is 6.61 Å². The molecule has 16 heavy (non-hydrogen) atoms. The van der Waals surface area contributed by atoms with Crippen LogP contribution in [0.15, 0.2) is 0 Å². The topological polar surface area (TPSA) is 75.6 Å². The molecule has 0 radical (unpaired) electrons. The normalized spacial score (nSPS) is 13.4. The molecule has 5 nitrogen and oxygen atoms in total. The van der Waals surface area contributed by atoms with Crippen LogP contribution in [0.3, 0.4) is 0 Å². The second kappa shape index (κ2) is 5.72. The van der Waals surface area contributed by atoms with Gasteiger partial charge in [0.2, 0.25) is 0 Å².